The van der Waals surface area contributed by atoms with E-state index in [2.05, 4.69) is 20.9 Å². The summed E-state index contributed by atoms with van der Waals surface area (Å²) in [4.78, 5) is 27.7. The molecule has 0 spiro atoms. The Morgan fingerprint density at radius 2 is 1.58 bits per heavy atom. The minimum absolute atomic E-state index is 0. The van der Waals surface area contributed by atoms with Crippen LogP contribution in [0.1, 0.15) is 16.1 Å². The van der Waals surface area contributed by atoms with Gasteiger partial charge in [-0.2, -0.15) is 13.2 Å². The Hall–Kier alpha value is -3.50. The zero-order chi connectivity index (χ0) is 23.3. The molecular weight excluding hydrogens is 484 g/mol. The van der Waals surface area contributed by atoms with Crippen molar-refractivity contribution in [3.8, 4) is 11.5 Å². The summed E-state index contributed by atoms with van der Waals surface area (Å²) >= 11 is 5.57. The van der Waals surface area contributed by atoms with Crippen molar-refractivity contribution in [3.63, 3.8) is 0 Å². The summed E-state index contributed by atoms with van der Waals surface area (Å²) in [6.45, 7) is 0. The zero-order valence-corrected chi connectivity index (χ0v) is 18.4. The van der Waals surface area contributed by atoms with Crippen molar-refractivity contribution in [2.24, 2.45) is 0 Å². The van der Waals surface area contributed by atoms with Crippen molar-refractivity contribution in [1.82, 2.24) is 10.3 Å². The number of hydrogen-bond acceptors (Lipinski definition) is 4. The average molecular weight is 501 g/mol. The van der Waals surface area contributed by atoms with Crippen LogP contribution in [0.5, 0.6) is 11.5 Å². The lowest BCUT2D eigenvalue weighted by Crippen LogP contribution is -2.19. The molecule has 7 nitrogen and oxygen atoms in total. The van der Waals surface area contributed by atoms with Crippen LogP contribution in [0.25, 0.3) is 0 Å². The van der Waals surface area contributed by atoms with Gasteiger partial charge >= 0.3 is 12.2 Å². The minimum Gasteiger partial charge on any atom is -0.457 e. The lowest BCUT2D eigenvalue weighted by molar-refractivity contribution is -0.137. The number of pyridine rings is 1. The van der Waals surface area contributed by atoms with E-state index in [0.717, 1.165) is 12.1 Å². The average Bonchev–Trinajstić information content (AvgIpc) is 2.75. The van der Waals surface area contributed by atoms with Crippen LogP contribution >= 0.6 is 24.0 Å². The number of ether oxygens (including phenoxy) is 1. The maximum Gasteiger partial charge on any atom is 0.417 e. The van der Waals surface area contributed by atoms with E-state index in [0.29, 0.717) is 17.2 Å². The first-order valence-electron chi connectivity index (χ1n) is 9.06. The van der Waals surface area contributed by atoms with Gasteiger partial charge in [0.25, 0.3) is 5.91 Å². The predicted molar refractivity (Wildman–Crippen MR) is 120 cm³/mol. The van der Waals surface area contributed by atoms with Crippen molar-refractivity contribution >= 4 is 47.3 Å². The second-order valence-corrected chi connectivity index (χ2v) is 6.76. The second kappa shape index (κ2) is 10.9. The summed E-state index contributed by atoms with van der Waals surface area (Å²) in [6.07, 6.45) is -3.21. The summed E-state index contributed by atoms with van der Waals surface area (Å²) in [5.41, 5.74) is -0.547. The Kier molecular flexibility index (Phi) is 8.50. The molecular formula is C21H17Cl2F3N4O3. The molecule has 3 amide bonds. The number of urea groups is 1. The molecule has 1 heterocycles. The van der Waals surface area contributed by atoms with Gasteiger partial charge in [0.15, 0.2) is 0 Å². The Balaban J connectivity index is 0.00000385. The van der Waals surface area contributed by atoms with Crippen molar-refractivity contribution < 1.29 is 27.5 Å². The van der Waals surface area contributed by atoms with E-state index in [-0.39, 0.29) is 29.7 Å². The molecule has 2 aromatic carbocycles. The third-order valence-corrected chi connectivity index (χ3v) is 4.40. The fourth-order valence-electron chi connectivity index (χ4n) is 2.58. The van der Waals surface area contributed by atoms with Gasteiger partial charge in [0.05, 0.1) is 10.6 Å². The van der Waals surface area contributed by atoms with E-state index < -0.39 is 22.8 Å². The fourth-order valence-corrected chi connectivity index (χ4v) is 2.81. The predicted octanol–water partition coefficient (Wildman–Crippen LogP) is 5.97. The molecule has 12 heteroatoms. The Morgan fingerprint density at radius 3 is 2.21 bits per heavy atom. The highest BCUT2D eigenvalue weighted by molar-refractivity contribution is 6.31. The maximum atomic E-state index is 12.9. The number of carbonyl (C=O) groups excluding carboxylic acids is 2. The molecule has 0 saturated carbocycles. The van der Waals surface area contributed by atoms with Crippen molar-refractivity contribution in [2.75, 3.05) is 17.7 Å². The number of carbonyl (C=O) groups is 2. The molecule has 0 radical (unpaired) electrons. The first-order chi connectivity index (χ1) is 15.2. The van der Waals surface area contributed by atoms with Gasteiger partial charge in [-0.1, -0.05) is 11.6 Å². The topological polar surface area (TPSA) is 92.4 Å². The smallest absolute Gasteiger partial charge is 0.417 e. The number of halogens is 5. The van der Waals surface area contributed by atoms with Crippen molar-refractivity contribution in [3.05, 3.63) is 77.1 Å². The van der Waals surface area contributed by atoms with E-state index in [4.69, 9.17) is 16.3 Å². The van der Waals surface area contributed by atoms with Crippen LogP contribution in [0.4, 0.5) is 29.3 Å². The largest absolute Gasteiger partial charge is 0.457 e. The van der Waals surface area contributed by atoms with Crippen molar-refractivity contribution in [1.29, 1.82) is 0 Å². The van der Waals surface area contributed by atoms with Gasteiger partial charge in [0.1, 0.15) is 17.2 Å². The minimum atomic E-state index is -4.64. The molecule has 3 aromatic rings. The number of amides is 3. The van der Waals surface area contributed by atoms with Crippen LogP contribution in [-0.4, -0.2) is 24.0 Å². The monoisotopic (exact) mass is 500 g/mol. The first kappa shape index (κ1) is 25.8. The Bertz CT molecular complexity index is 1140. The Labute approximate surface area is 197 Å². The number of hydrogen-bond donors (Lipinski definition) is 3. The maximum absolute atomic E-state index is 12.9. The third-order valence-electron chi connectivity index (χ3n) is 4.07. The number of benzene rings is 2. The fraction of sp³-hybridized carbons (Fsp3) is 0.0952. The van der Waals surface area contributed by atoms with Crippen LogP contribution in [-0.2, 0) is 6.18 Å². The second-order valence-electron chi connectivity index (χ2n) is 6.35. The summed E-state index contributed by atoms with van der Waals surface area (Å²) in [6, 6.07) is 11.6. The van der Waals surface area contributed by atoms with Gasteiger partial charge in [0, 0.05) is 30.7 Å². The molecule has 0 aliphatic heterocycles. The van der Waals surface area contributed by atoms with Crippen LogP contribution < -0.4 is 20.7 Å². The molecule has 3 N–H and O–H groups in total. The number of rotatable bonds is 5. The van der Waals surface area contributed by atoms with Crippen LogP contribution in [0.3, 0.4) is 0 Å². The van der Waals surface area contributed by atoms with Crippen LogP contribution in [0, 0.1) is 0 Å². The lowest BCUT2D eigenvalue weighted by Gasteiger charge is -2.12. The highest BCUT2D eigenvalue weighted by Crippen LogP contribution is 2.36. The number of anilines is 2. The van der Waals surface area contributed by atoms with Gasteiger partial charge in [-0.05, 0) is 48.5 Å². The molecule has 1 aromatic heterocycles. The molecule has 0 unspecified atom stereocenters. The highest BCUT2D eigenvalue weighted by Gasteiger charge is 2.33. The molecule has 0 fully saturated rings. The van der Waals surface area contributed by atoms with Gasteiger partial charge in [-0.25, -0.2) is 4.79 Å². The molecule has 0 aliphatic rings. The van der Waals surface area contributed by atoms with Gasteiger partial charge in [-0.15, -0.1) is 12.4 Å². The summed E-state index contributed by atoms with van der Waals surface area (Å²) in [5.74, 6) is 0.460. The van der Waals surface area contributed by atoms with E-state index in [1.165, 1.54) is 25.4 Å². The molecule has 3 rings (SSSR count). The lowest BCUT2D eigenvalue weighted by atomic mass is 10.2. The van der Waals surface area contributed by atoms with E-state index >= 15 is 0 Å². The SMILES string of the molecule is CNC(=O)c1cc(Oc2ccc(NC(=O)Nc3ccc(Cl)c(C(F)(F)F)c3)cc2)ccn1.Cl. The van der Waals surface area contributed by atoms with Gasteiger partial charge in [0.2, 0.25) is 0 Å². The zero-order valence-electron chi connectivity index (χ0n) is 16.9. The quantitative estimate of drug-likeness (QED) is 0.402. The highest BCUT2D eigenvalue weighted by atomic mass is 35.5. The molecule has 174 valence electrons. The molecule has 0 bridgehead atoms. The summed E-state index contributed by atoms with van der Waals surface area (Å²) < 4.78 is 44.5. The molecule has 0 aliphatic carbocycles. The Morgan fingerprint density at radius 1 is 0.939 bits per heavy atom. The summed E-state index contributed by atoms with van der Waals surface area (Å²) in [7, 11) is 1.49. The number of nitrogens with zero attached hydrogens (tertiary/aromatic N) is 1. The van der Waals surface area contributed by atoms with Crippen LogP contribution in [0.15, 0.2) is 60.8 Å². The molecule has 33 heavy (non-hydrogen) atoms. The summed E-state index contributed by atoms with van der Waals surface area (Å²) in [5, 5.41) is 6.83. The standard InChI is InChI=1S/C21H16ClF3N4O3.ClH/c1-26-19(30)18-11-15(8-9-27-18)32-14-5-2-12(3-6-14)28-20(31)29-13-4-7-17(22)16(10-13)21(23,24)25;/h2-11H,1H3,(H,26,30)(H2,28,29,31);1H. The van der Waals surface area contributed by atoms with E-state index in [9.17, 15) is 22.8 Å². The van der Waals surface area contributed by atoms with E-state index in [1.54, 1.807) is 30.3 Å². The molecule has 0 atom stereocenters. The number of alkyl halides is 3. The normalized spacial score (nSPS) is 10.6. The number of nitrogens with one attached hydrogen (secondary N) is 3. The molecule has 0 saturated heterocycles. The van der Waals surface area contributed by atoms with E-state index in [1.807, 2.05) is 0 Å². The first-order valence-corrected chi connectivity index (χ1v) is 9.44. The van der Waals surface area contributed by atoms with Gasteiger partial charge in [-0.3, -0.25) is 9.78 Å². The number of aromatic nitrogens is 1. The van der Waals surface area contributed by atoms with Gasteiger partial charge < -0.3 is 20.7 Å². The third kappa shape index (κ3) is 6.99. The van der Waals surface area contributed by atoms with Crippen molar-refractivity contribution in [2.45, 2.75) is 6.18 Å². The van der Waals surface area contributed by atoms with Crippen LogP contribution in [0.2, 0.25) is 5.02 Å².